The summed E-state index contributed by atoms with van der Waals surface area (Å²) in [6.45, 7) is 3.49. The van der Waals surface area contributed by atoms with Crippen LogP contribution in [0.1, 0.15) is 21.5 Å². The van der Waals surface area contributed by atoms with Crippen LogP contribution in [-0.2, 0) is 0 Å². The normalized spacial score (nSPS) is 10.7. The molecule has 3 aromatic rings. The molecule has 2 aromatic carbocycles. The third-order valence-corrected chi connectivity index (χ3v) is 4.19. The third kappa shape index (κ3) is 3.40. The molecule has 0 fully saturated rings. The Balaban J connectivity index is 1.80. The lowest BCUT2D eigenvalue weighted by molar-refractivity contribution is 0.0921. The van der Waals surface area contributed by atoms with Crippen molar-refractivity contribution in [3.8, 4) is 11.5 Å². The lowest BCUT2D eigenvalue weighted by Gasteiger charge is -2.09. The highest BCUT2D eigenvalue weighted by atomic mass is 16.5. The number of carbonyl (C=O) groups excluding carboxylic acids is 1. The molecule has 1 aromatic heterocycles. The molecule has 128 valence electrons. The fourth-order valence-electron chi connectivity index (χ4n) is 2.55. The highest BCUT2D eigenvalue weighted by molar-refractivity contribution is 5.97. The van der Waals surface area contributed by atoms with E-state index in [9.17, 15) is 9.59 Å². The van der Waals surface area contributed by atoms with Crippen LogP contribution in [0.5, 0.6) is 11.5 Å². The Hall–Kier alpha value is -3.08. The molecular formula is C20H18O5. The number of aryl methyl sites for hydroxylation is 1. The summed E-state index contributed by atoms with van der Waals surface area (Å²) in [5.41, 5.74) is 2.06. The second-order valence-corrected chi connectivity index (χ2v) is 5.74. The van der Waals surface area contributed by atoms with Crippen LogP contribution >= 0.6 is 0 Å². The molecule has 0 radical (unpaired) electrons. The van der Waals surface area contributed by atoms with Gasteiger partial charge in [0.25, 0.3) is 0 Å². The number of rotatable bonds is 5. The Morgan fingerprint density at radius 1 is 1.04 bits per heavy atom. The molecule has 0 saturated heterocycles. The number of carbonyl (C=O) groups is 1. The van der Waals surface area contributed by atoms with Gasteiger partial charge < -0.3 is 13.9 Å². The average molecular weight is 338 g/mol. The van der Waals surface area contributed by atoms with Gasteiger partial charge in [0, 0.05) is 22.6 Å². The van der Waals surface area contributed by atoms with Crippen LogP contribution in [-0.4, -0.2) is 19.5 Å². The fourth-order valence-corrected chi connectivity index (χ4v) is 2.55. The molecule has 0 aliphatic carbocycles. The van der Waals surface area contributed by atoms with Gasteiger partial charge in [0.1, 0.15) is 17.1 Å². The van der Waals surface area contributed by atoms with Crippen LogP contribution in [0.2, 0.25) is 0 Å². The first-order valence-electron chi connectivity index (χ1n) is 7.83. The monoisotopic (exact) mass is 338 g/mol. The zero-order valence-corrected chi connectivity index (χ0v) is 14.3. The van der Waals surface area contributed by atoms with Gasteiger partial charge in [-0.1, -0.05) is 12.1 Å². The fraction of sp³-hybridized carbons (Fsp3) is 0.200. The van der Waals surface area contributed by atoms with Crippen LogP contribution < -0.4 is 15.1 Å². The maximum absolute atomic E-state index is 12.2. The minimum atomic E-state index is -0.366. The molecule has 0 aliphatic heterocycles. The SMILES string of the molecule is COc1cccc(C(=O)COc2ccc3c(C)c(C)c(=O)oc3c2)c1. The van der Waals surface area contributed by atoms with Crippen LogP contribution in [0.4, 0.5) is 0 Å². The molecule has 0 bridgehead atoms. The van der Waals surface area contributed by atoms with E-state index in [1.165, 1.54) is 0 Å². The van der Waals surface area contributed by atoms with Gasteiger partial charge in [-0.05, 0) is 43.7 Å². The summed E-state index contributed by atoms with van der Waals surface area (Å²) in [5.74, 6) is 0.917. The maximum atomic E-state index is 12.2. The smallest absolute Gasteiger partial charge is 0.339 e. The largest absolute Gasteiger partial charge is 0.497 e. The Morgan fingerprint density at radius 3 is 2.60 bits per heavy atom. The molecule has 0 saturated carbocycles. The highest BCUT2D eigenvalue weighted by Gasteiger charge is 2.11. The van der Waals surface area contributed by atoms with E-state index >= 15 is 0 Å². The topological polar surface area (TPSA) is 65.7 Å². The Kier molecular flexibility index (Phi) is 4.57. The lowest BCUT2D eigenvalue weighted by atomic mass is 10.1. The molecule has 0 aliphatic rings. The van der Waals surface area contributed by atoms with Crippen LogP contribution in [0.15, 0.2) is 51.7 Å². The summed E-state index contributed by atoms with van der Waals surface area (Å²) in [6.07, 6.45) is 0. The van der Waals surface area contributed by atoms with Crippen molar-refractivity contribution in [2.24, 2.45) is 0 Å². The molecule has 1 heterocycles. The molecule has 0 unspecified atom stereocenters. The number of ketones is 1. The minimum Gasteiger partial charge on any atom is -0.497 e. The Labute approximate surface area is 144 Å². The van der Waals surface area contributed by atoms with E-state index in [0.29, 0.717) is 28.2 Å². The zero-order valence-electron chi connectivity index (χ0n) is 14.3. The molecule has 3 rings (SSSR count). The van der Waals surface area contributed by atoms with E-state index in [1.54, 1.807) is 50.4 Å². The Morgan fingerprint density at radius 2 is 1.84 bits per heavy atom. The summed E-state index contributed by atoms with van der Waals surface area (Å²) in [5, 5.41) is 0.851. The summed E-state index contributed by atoms with van der Waals surface area (Å²) in [4.78, 5) is 24.1. The first-order chi connectivity index (χ1) is 12.0. The molecule has 0 N–H and O–H groups in total. The van der Waals surface area contributed by atoms with Gasteiger partial charge in [-0.15, -0.1) is 0 Å². The molecule has 5 heteroatoms. The molecular weight excluding hydrogens is 320 g/mol. The van der Waals surface area contributed by atoms with Gasteiger partial charge in [-0.3, -0.25) is 4.79 Å². The summed E-state index contributed by atoms with van der Waals surface area (Å²) in [7, 11) is 1.55. The van der Waals surface area contributed by atoms with Gasteiger partial charge in [0.15, 0.2) is 12.4 Å². The van der Waals surface area contributed by atoms with Crippen molar-refractivity contribution >= 4 is 16.8 Å². The standard InChI is InChI=1S/C20H18O5/c1-12-13(2)20(22)25-19-10-16(7-8-17(12)19)24-11-18(21)14-5-4-6-15(9-14)23-3/h4-10H,11H2,1-3H3. The van der Waals surface area contributed by atoms with Crippen molar-refractivity contribution < 1.29 is 18.7 Å². The first-order valence-corrected chi connectivity index (χ1v) is 7.83. The minimum absolute atomic E-state index is 0.117. The highest BCUT2D eigenvalue weighted by Crippen LogP contribution is 2.24. The van der Waals surface area contributed by atoms with Crippen molar-refractivity contribution in [2.75, 3.05) is 13.7 Å². The predicted octanol–water partition coefficient (Wildman–Crippen LogP) is 3.68. The number of ether oxygens (including phenoxy) is 2. The second kappa shape index (κ2) is 6.81. The third-order valence-electron chi connectivity index (χ3n) is 4.19. The van der Waals surface area contributed by atoms with Crippen LogP contribution in [0.25, 0.3) is 11.0 Å². The van der Waals surface area contributed by atoms with Gasteiger partial charge in [0.05, 0.1) is 7.11 Å². The van der Waals surface area contributed by atoms with E-state index in [-0.39, 0.29) is 18.0 Å². The van der Waals surface area contributed by atoms with Crippen LogP contribution in [0.3, 0.4) is 0 Å². The van der Waals surface area contributed by atoms with E-state index in [1.807, 2.05) is 13.0 Å². The molecule has 5 nitrogen and oxygen atoms in total. The molecule has 0 spiro atoms. The average Bonchev–Trinajstić information content (AvgIpc) is 2.64. The summed E-state index contributed by atoms with van der Waals surface area (Å²) < 4.78 is 16.0. The first kappa shape index (κ1) is 16.8. The van der Waals surface area contributed by atoms with Crippen molar-refractivity contribution in [2.45, 2.75) is 13.8 Å². The van der Waals surface area contributed by atoms with Crippen molar-refractivity contribution in [1.29, 1.82) is 0 Å². The Bertz CT molecular complexity index is 1000. The van der Waals surface area contributed by atoms with Gasteiger partial charge >= 0.3 is 5.63 Å². The second-order valence-electron chi connectivity index (χ2n) is 5.74. The van der Waals surface area contributed by atoms with Gasteiger partial charge in [-0.25, -0.2) is 4.79 Å². The van der Waals surface area contributed by atoms with E-state index in [2.05, 4.69) is 0 Å². The molecule has 25 heavy (non-hydrogen) atoms. The predicted molar refractivity (Wildman–Crippen MR) is 94.8 cm³/mol. The number of hydrogen-bond acceptors (Lipinski definition) is 5. The number of hydrogen-bond donors (Lipinski definition) is 0. The summed E-state index contributed by atoms with van der Waals surface area (Å²) in [6, 6.07) is 12.1. The van der Waals surface area contributed by atoms with Crippen LogP contribution in [0, 0.1) is 13.8 Å². The van der Waals surface area contributed by atoms with E-state index < -0.39 is 0 Å². The summed E-state index contributed by atoms with van der Waals surface area (Å²) >= 11 is 0. The number of benzene rings is 2. The molecule has 0 atom stereocenters. The lowest BCUT2D eigenvalue weighted by Crippen LogP contribution is -2.12. The number of methoxy groups -OCH3 is 1. The maximum Gasteiger partial charge on any atom is 0.339 e. The van der Waals surface area contributed by atoms with E-state index in [4.69, 9.17) is 13.9 Å². The molecule has 0 amide bonds. The quantitative estimate of drug-likeness (QED) is 0.524. The van der Waals surface area contributed by atoms with Crippen molar-refractivity contribution in [3.63, 3.8) is 0 Å². The number of fused-ring (bicyclic) bond motifs is 1. The van der Waals surface area contributed by atoms with E-state index in [0.717, 1.165) is 10.9 Å². The van der Waals surface area contributed by atoms with Gasteiger partial charge in [0.2, 0.25) is 0 Å². The van der Waals surface area contributed by atoms with Crippen molar-refractivity contribution in [3.05, 3.63) is 69.6 Å². The zero-order chi connectivity index (χ0) is 18.0. The van der Waals surface area contributed by atoms with Gasteiger partial charge in [-0.2, -0.15) is 0 Å². The van der Waals surface area contributed by atoms with Crippen molar-refractivity contribution in [1.82, 2.24) is 0 Å². The number of Topliss-reactive ketones (excluding diaryl/α,β-unsaturated/α-hetero) is 1.